The third-order valence-corrected chi connectivity index (χ3v) is 5.48. The lowest BCUT2D eigenvalue weighted by molar-refractivity contribution is -0.134. The second-order valence-corrected chi connectivity index (χ2v) is 6.94. The van der Waals surface area contributed by atoms with Gasteiger partial charge in [-0.15, -0.1) is 12.4 Å². The van der Waals surface area contributed by atoms with Gasteiger partial charge < -0.3 is 10.6 Å². The number of hydrogen-bond donors (Lipinski definition) is 1. The van der Waals surface area contributed by atoms with Crippen molar-refractivity contribution >= 4 is 41.5 Å². The van der Waals surface area contributed by atoms with Crippen molar-refractivity contribution in [3.63, 3.8) is 0 Å². The molecule has 2 atom stereocenters. The van der Waals surface area contributed by atoms with Gasteiger partial charge in [0.05, 0.1) is 10.0 Å². The fraction of sp³-hybridized carbons (Fsp3) is 0.562. The van der Waals surface area contributed by atoms with E-state index < -0.39 is 0 Å². The Kier molecular flexibility index (Phi) is 6.00. The van der Waals surface area contributed by atoms with Crippen molar-refractivity contribution in [1.82, 2.24) is 4.90 Å². The van der Waals surface area contributed by atoms with Crippen LogP contribution in [0.25, 0.3) is 0 Å². The minimum Gasteiger partial charge on any atom is -0.342 e. The Balaban J connectivity index is 0.00000176. The van der Waals surface area contributed by atoms with E-state index in [0.29, 0.717) is 27.8 Å². The highest BCUT2D eigenvalue weighted by atomic mass is 35.5. The van der Waals surface area contributed by atoms with Gasteiger partial charge in [-0.1, -0.05) is 29.3 Å². The monoisotopic (exact) mass is 362 g/mol. The largest absolute Gasteiger partial charge is 0.342 e. The molecule has 22 heavy (non-hydrogen) atoms. The zero-order valence-corrected chi connectivity index (χ0v) is 14.6. The maximum Gasteiger partial charge on any atom is 0.226 e. The van der Waals surface area contributed by atoms with Crippen LogP contribution >= 0.6 is 35.6 Å². The zero-order chi connectivity index (χ0) is 15.0. The number of likely N-dealkylation sites (tertiary alicyclic amines) is 1. The molecule has 1 aromatic carbocycles. The molecule has 0 bridgehead atoms. The molecule has 1 amide bonds. The van der Waals surface area contributed by atoms with E-state index in [0.717, 1.165) is 44.5 Å². The van der Waals surface area contributed by atoms with Crippen LogP contribution in [-0.2, 0) is 4.79 Å². The number of benzene rings is 1. The van der Waals surface area contributed by atoms with Crippen LogP contribution in [0.4, 0.5) is 0 Å². The molecule has 122 valence electrons. The topological polar surface area (TPSA) is 46.3 Å². The maximum atomic E-state index is 12.5. The lowest BCUT2D eigenvalue weighted by Crippen LogP contribution is -2.41. The summed E-state index contributed by atoms with van der Waals surface area (Å²) in [6, 6.07) is 5.68. The summed E-state index contributed by atoms with van der Waals surface area (Å²) in [6.45, 7) is 2.44. The zero-order valence-electron chi connectivity index (χ0n) is 12.3. The molecule has 0 radical (unpaired) electrons. The van der Waals surface area contributed by atoms with Crippen molar-refractivity contribution in [3.8, 4) is 0 Å². The first kappa shape index (κ1) is 17.9. The fourth-order valence-corrected chi connectivity index (χ4v) is 3.51. The Hall–Kier alpha value is -0.480. The van der Waals surface area contributed by atoms with Gasteiger partial charge in [-0.05, 0) is 55.3 Å². The molecule has 1 aromatic rings. The number of amides is 1. The third-order valence-electron chi connectivity index (χ3n) is 4.74. The van der Waals surface area contributed by atoms with E-state index in [1.54, 1.807) is 0 Å². The van der Waals surface area contributed by atoms with E-state index in [1.807, 2.05) is 23.1 Å². The molecule has 1 saturated carbocycles. The Morgan fingerprint density at radius 3 is 2.50 bits per heavy atom. The fourth-order valence-electron chi connectivity index (χ4n) is 3.20. The summed E-state index contributed by atoms with van der Waals surface area (Å²) in [6.07, 6.45) is 2.99. The number of nitrogens with two attached hydrogens (primary N) is 1. The number of hydrogen-bond acceptors (Lipinski definition) is 2. The van der Waals surface area contributed by atoms with Gasteiger partial charge in [0.2, 0.25) is 5.91 Å². The van der Waals surface area contributed by atoms with Crippen molar-refractivity contribution in [2.24, 2.45) is 17.6 Å². The molecule has 6 heteroatoms. The maximum absolute atomic E-state index is 12.5. The molecular weight excluding hydrogens is 343 g/mol. The average molecular weight is 364 g/mol. The summed E-state index contributed by atoms with van der Waals surface area (Å²) in [4.78, 5) is 14.5. The molecule has 2 unspecified atom stereocenters. The predicted molar refractivity (Wildman–Crippen MR) is 92.9 cm³/mol. The van der Waals surface area contributed by atoms with Crippen LogP contribution in [0.1, 0.15) is 30.7 Å². The standard InChI is InChI=1S/C16H20Cl2N2O.ClH/c17-14-2-1-11(7-15(14)18)12-8-13(12)16(21)20-5-3-10(9-19)4-6-20;/h1-2,7,10,12-13H,3-6,8-9,19H2;1H. The first-order chi connectivity index (χ1) is 10.1. The second kappa shape index (κ2) is 7.39. The Bertz CT molecular complexity index is 544. The lowest BCUT2D eigenvalue weighted by atomic mass is 9.96. The van der Waals surface area contributed by atoms with E-state index in [1.165, 1.54) is 0 Å². The van der Waals surface area contributed by atoms with Gasteiger partial charge in [-0.3, -0.25) is 4.79 Å². The summed E-state index contributed by atoms with van der Waals surface area (Å²) in [5, 5.41) is 1.13. The molecule has 3 nitrogen and oxygen atoms in total. The van der Waals surface area contributed by atoms with Crippen LogP contribution in [-0.4, -0.2) is 30.4 Å². The second-order valence-electron chi connectivity index (χ2n) is 6.13. The number of carbonyl (C=O) groups is 1. The van der Waals surface area contributed by atoms with Crippen LogP contribution < -0.4 is 5.73 Å². The van der Waals surface area contributed by atoms with Gasteiger partial charge in [-0.2, -0.15) is 0 Å². The van der Waals surface area contributed by atoms with Gasteiger partial charge in [0.15, 0.2) is 0 Å². The van der Waals surface area contributed by atoms with E-state index in [2.05, 4.69) is 0 Å². The van der Waals surface area contributed by atoms with E-state index >= 15 is 0 Å². The summed E-state index contributed by atoms with van der Waals surface area (Å²) in [7, 11) is 0. The highest BCUT2D eigenvalue weighted by Gasteiger charge is 2.46. The predicted octanol–water partition coefficient (Wildman–Crippen LogP) is 3.72. The first-order valence-electron chi connectivity index (χ1n) is 7.54. The lowest BCUT2D eigenvalue weighted by Gasteiger charge is -2.31. The smallest absolute Gasteiger partial charge is 0.226 e. The summed E-state index contributed by atoms with van der Waals surface area (Å²) >= 11 is 12.0. The molecule has 0 spiro atoms. The van der Waals surface area contributed by atoms with Crippen LogP contribution in [0.5, 0.6) is 0 Å². The van der Waals surface area contributed by atoms with Crippen molar-refractivity contribution in [3.05, 3.63) is 33.8 Å². The van der Waals surface area contributed by atoms with Gasteiger partial charge >= 0.3 is 0 Å². The van der Waals surface area contributed by atoms with Gasteiger partial charge in [0.1, 0.15) is 0 Å². The minimum absolute atomic E-state index is 0. The minimum atomic E-state index is 0. The molecule has 2 fully saturated rings. The molecule has 1 aliphatic heterocycles. The van der Waals surface area contributed by atoms with Crippen LogP contribution in [0.15, 0.2) is 18.2 Å². The van der Waals surface area contributed by atoms with E-state index in [9.17, 15) is 4.79 Å². The quantitative estimate of drug-likeness (QED) is 0.889. The molecule has 1 heterocycles. The summed E-state index contributed by atoms with van der Waals surface area (Å²) in [5.74, 6) is 1.30. The van der Waals surface area contributed by atoms with Crippen molar-refractivity contribution in [2.75, 3.05) is 19.6 Å². The van der Waals surface area contributed by atoms with E-state index in [4.69, 9.17) is 28.9 Å². The van der Waals surface area contributed by atoms with Crippen molar-refractivity contribution in [1.29, 1.82) is 0 Å². The summed E-state index contributed by atoms with van der Waals surface area (Å²) in [5.41, 5.74) is 6.82. The number of carbonyl (C=O) groups excluding carboxylic acids is 1. The Morgan fingerprint density at radius 2 is 1.91 bits per heavy atom. The number of piperidine rings is 1. The normalized spacial score (nSPS) is 24.8. The highest BCUT2D eigenvalue weighted by molar-refractivity contribution is 6.42. The Morgan fingerprint density at radius 1 is 1.23 bits per heavy atom. The first-order valence-corrected chi connectivity index (χ1v) is 8.29. The molecule has 0 aromatic heterocycles. The van der Waals surface area contributed by atoms with Gasteiger partial charge in [0, 0.05) is 19.0 Å². The third kappa shape index (κ3) is 3.70. The molecular formula is C16H21Cl3N2O. The number of nitrogens with zero attached hydrogens (tertiary/aromatic N) is 1. The number of halogens is 3. The van der Waals surface area contributed by atoms with Gasteiger partial charge in [-0.25, -0.2) is 0 Å². The van der Waals surface area contributed by atoms with Crippen molar-refractivity contribution in [2.45, 2.75) is 25.2 Å². The molecule has 2 aliphatic rings. The SMILES string of the molecule is Cl.NCC1CCN(C(=O)C2CC2c2ccc(Cl)c(Cl)c2)CC1. The van der Waals surface area contributed by atoms with Gasteiger partial charge in [0.25, 0.3) is 0 Å². The highest BCUT2D eigenvalue weighted by Crippen LogP contribution is 2.49. The van der Waals surface area contributed by atoms with Crippen LogP contribution in [0.3, 0.4) is 0 Å². The van der Waals surface area contributed by atoms with E-state index in [-0.39, 0.29) is 18.3 Å². The number of rotatable bonds is 3. The Labute approximate surface area is 147 Å². The van der Waals surface area contributed by atoms with Crippen LogP contribution in [0, 0.1) is 11.8 Å². The van der Waals surface area contributed by atoms with Crippen molar-refractivity contribution < 1.29 is 4.79 Å². The molecule has 1 saturated heterocycles. The average Bonchev–Trinajstić information content (AvgIpc) is 3.30. The molecule has 1 aliphatic carbocycles. The van der Waals surface area contributed by atoms with Crippen LogP contribution in [0.2, 0.25) is 10.0 Å². The summed E-state index contributed by atoms with van der Waals surface area (Å²) < 4.78 is 0. The molecule has 3 rings (SSSR count). The molecule has 2 N–H and O–H groups in total.